The van der Waals surface area contributed by atoms with Gasteiger partial charge in [0.05, 0.1) is 12.1 Å². The molecule has 2 aromatic rings. The third-order valence-electron chi connectivity index (χ3n) is 3.59. The fourth-order valence-electron chi connectivity index (χ4n) is 2.40. The Labute approximate surface area is 136 Å². The van der Waals surface area contributed by atoms with Crippen molar-refractivity contribution in [3.05, 3.63) is 53.2 Å². The Balaban J connectivity index is 2.09. The third kappa shape index (κ3) is 5.74. The summed E-state index contributed by atoms with van der Waals surface area (Å²) in [5.74, 6) is 0.290. The summed E-state index contributed by atoms with van der Waals surface area (Å²) in [5.41, 5.74) is 1.59. The van der Waals surface area contributed by atoms with Crippen LogP contribution in [0.4, 0.5) is 0 Å². The van der Waals surface area contributed by atoms with Crippen LogP contribution in [0.5, 0.6) is 0 Å². The second-order valence-electron chi connectivity index (χ2n) is 5.55. The lowest BCUT2D eigenvalue weighted by Crippen LogP contribution is -2.03. The molecule has 0 amide bonds. The number of unbranched alkanes of at least 4 members (excludes halogenated alkanes) is 3. The van der Waals surface area contributed by atoms with Gasteiger partial charge in [-0.05, 0) is 18.1 Å². The van der Waals surface area contributed by atoms with E-state index in [9.17, 15) is 4.79 Å². The zero-order chi connectivity index (χ0) is 16.5. The standard InChI is InChI=1S/C19H23NO3/c1-2-3-4-8-11-17-16(14-19(21)22)20-18(23-17)13-12-15-9-6-5-7-10-15/h5-7,9-10,12-13H,2-4,8,11,14H2,1H3,(H,21,22)/b13-12+. The van der Waals surface area contributed by atoms with E-state index < -0.39 is 5.97 Å². The maximum Gasteiger partial charge on any atom is 0.309 e. The normalized spacial score (nSPS) is 11.2. The topological polar surface area (TPSA) is 63.3 Å². The van der Waals surface area contributed by atoms with E-state index >= 15 is 0 Å². The SMILES string of the molecule is CCCCCCc1oc(/C=C/c2ccccc2)nc1CC(=O)O. The van der Waals surface area contributed by atoms with Gasteiger partial charge in [0.25, 0.3) is 0 Å². The maximum absolute atomic E-state index is 11.0. The molecule has 0 atom stereocenters. The second kappa shape index (κ2) is 8.93. The molecular formula is C19H23NO3. The number of benzene rings is 1. The summed E-state index contributed by atoms with van der Waals surface area (Å²) in [6.07, 6.45) is 8.83. The van der Waals surface area contributed by atoms with E-state index in [0.29, 0.717) is 17.3 Å². The van der Waals surface area contributed by atoms with Gasteiger partial charge >= 0.3 is 5.97 Å². The average Bonchev–Trinajstić information content (AvgIpc) is 2.92. The Morgan fingerprint density at radius 1 is 1.17 bits per heavy atom. The maximum atomic E-state index is 11.0. The molecule has 0 spiro atoms. The molecule has 1 heterocycles. The second-order valence-corrected chi connectivity index (χ2v) is 5.55. The van der Waals surface area contributed by atoms with Crippen LogP contribution in [0.15, 0.2) is 34.7 Å². The molecule has 0 saturated carbocycles. The van der Waals surface area contributed by atoms with Crippen molar-refractivity contribution in [3.63, 3.8) is 0 Å². The number of carbonyl (C=O) groups is 1. The summed E-state index contributed by atoms with van der Waals surface area (Å²) in [6, 6.07) is 9.86. The van der Waals surface area contributed by atoms with Crippen LogP contribution in [0.25, 0.3) is 12.2 Å². The summed E-state index contributed by atoms with van der Waals surface area (Å²) in [5, 5.41) is 9.02. The number of aliphatic carboxylic acids is 1. The number of nitrogens with zero attached hydrogens (tertiary/aromatic N) is 1. The summed E-state index contributed by atoms with van der Waals surface area (Å²) in [7, 11) is 0. The molecule has 1 aromatic carbocycles. The summed E-state index contributed by atoms with van der Waals surface area (Å²) >= 11 is 0. The quantitative estimate of drug-likeness (QED) is 0.687. The molecule has 0 fully saturated rings. The van der Waals surface area contributed by atoms with Crippen molar-refractivity contribution in [1.29, 1.82) is 0 Å². The van der Waals surface area contributed by atoms with E-state index in [-0.39, 0.29) is 6.42 Å². The highest BCUT2D eigenvalue weighted by Gasteiger charge is 2.14. The minimum absolute atomic E-state index is 0.0915. The molecule has 1 aromatic heterocycles. The lowest BCUT2D eigenvalue weighted by molar-refractivity contribution is -0.136. The van der Waals surface area contributed by atoms with Gasteiger partial charge in [-0.2, -0.15) is 0 Å². The molecule has 23 heavy (non-hydrogen) atoms. The van der Waals surface area contributed by atoms with Crippen LogP contribution >= 0.6 is 0 Å². The molecule has 2 rings (SSSR count). The molecule has 122 valence electrons. The lowest BCUT2D eigenvalue weighted by atomic mass is 10.1. The van der Waals surface area contributed by atoms with E-state index in [2.05, 4.69) is 11.9 Å². The third-order valence-corrected chi connectivity index (χ3v) is 3.59. The van der Waals surface area contributed by atoms with E-state index in [1.807, 2.05) is 36.4 Å². The highest BCUT2D eigenvalue weighted by atomic mass is 16.4. The average molecular weight is 313 g/mol. The van der Waals surface area contributed by atoms with Crippen LogP contribution in [-0.2, 0) is 17.6 Å². The highest BCUT2D eigenvalue weighted by molar-refractivity contribution is 5.70. The first-order valence-corrected chi connectivity index (χ1v) is 8.12. The van der Waals surface area contributed by atoms with Crippen molar-refractivity contribution in [2.24, 2.45) is 0 Å². The van der Waals surface area contributed by atoms with Crippen molar-refractivity contribution in [2.45, 2.75) is 45.4 Å². The van der Waals surface area contributed by atoms with Crippen molar-refractivity contribution >= 4 is 18.1 Å². The number of aryl methyl sites for hydroxylation is 1. The molecule has 0 radical (unpaired) electrons. The largest absolute Gasteiger partial charge is 0.481 e. The minimum atomic E-state index is -0.883. The summed E-state index contributed by atoms with van der Waals surface area (Å²) in [4.78, 5) is 15.3. The first-order chi connectivity index (χ1) is 11.2. The predicted octanol–water partition coefficient (Wildman–Crippen LogP) is 4.59. The monoisotopic (exact) mass is 313 g/mol. The van der Waals surface area contributed by atoms with E-state index in [1.54, 1.807) is 6.08 Å². The van der Waals surface area contributed by atoms with Gasteiger partial charge in [-0.15, -0.1) is 0 Å². The van der Waals surface area contributed by atoms with Crippen LogP contribution in [0.3, 0.4) is 0 Å². The number of aromatic nitrogens is 1. The number of hydrogen-bond acceptors (Lipinski definition) is 3. The molecule has 0 aliphatic carbocycles. The van der Waals surface area contributed by atoms with Gasteiger partial charge in [-0.1, -0.05) is 56.5 Å². The smallest absolute Gasteiger partial charge is 0.309 e. The Hall–Kier alpha value is -2.36. The molecule has 4 heteroatoms. The van der Waals surface area contributed by atoms with Crippen molar-refractivity contribution < 1.29 is 14.3 Å². The van der Waals surface area contributed by atoms with Gasteiger partial charge in [0.2, 0.25) is 5.89 Å². The first kappa shape index (κ1) is 17.0. The van der Waals surface area contributed by atoms with Gasteiger partial charge < -0.3 is 9.52 Å². The highest BCUT2D eigenvalue weighted by Crippen LogP contribution is 2.18. The van der Waals surface area contributed by atoms with E-state index in [1.165, 1.54) is 12.8 Å². The number of oxazole rings is 1. The van der Waals surface area contributed by atoms with Crippen LogP contribution < -0.4 is 0 Å². The molecule has 0 bridgehead atoms. The molecule has 0 aliphatic heterocycles. The molecule has 0 aliphatic rings. The van der Waals surface area contributed by atoms with Crippen LogP contribution in [0.1, 0.15) is 55.5 Å². The Bertz CT molecular complexity index is 644. The zero-order valence-electron chi connectivity index (χ0n) is 13.5. The first-order valence-electron chi connectivity index (χ1n) is 8.12. The van der Waals surface area contributed by atoms with Crippen LogP contribution in [0, 0.1) is 0 Å². The van der Waals surface area contributed by atoms with Gasteiger partial charge in [0, 0.05) is 12.5 Å². The Kier molecular flexibility index (Phi) is 6.60. The molecule has 1 N–H and O–H groups in total. The minimum Gasteiger partial charge on any atom is -0.481 e. The molecular weight excluding hydrogens is 290 g/mol. The number of rotatable bonds is 9. The summed E-state index contributed by atoms with van der Waals surface area (Å²) in [6.45, 7) is 2.16. The molecule has 0 unspecified atom stereocenters. The molecule has 4 nitrogen and oxygen atoms in total. The molecule has 0 saturated heterocycles. The van der Waals surface area contributed by atoms with E-state index in [4.69, 9.17) is 9.52 Å². The van der Waals surface area contributed by atoms with Gasteiger partial charge in [-0.25, -0.2) is 4.98 Å². The number of carboxylic acids is 1. The fourth-order valence-corrected chi connectivity index (χ4v) is 2.40. The van der Waals surface area contributed by atoms with Crippen LogP contribution in [-0.4, -0.2) is 16.1 Å². The van der Waals surface area contributed by atoms with Gasteiger partial charge in [0.1, 0.15) is 5.76 Å². The van der Waals surface area contributed by atoms with Crippen molar-refractivity contribution in [2.75, 3.05) is 0 Å². The Morgan fingerprint density at radius 3 is 2.65 bits per heavy atom. The number of hydrogen-bond donors (Lipinski definition) is 1. The number of carboxylic acid groups (broad SMARTS) is 1. The Morgan fingerprint density at radius 2 is 1.96 bits per heavy atom. The van der Waals surface area contributed by atoms with Gasteiger partial charge in [-0.3, -0.25) is 4.79 Å². The van der Waals surface area contributed by atoms with E-state index in [0.717, 1.165) is 24.8 Å². The van der Waals surface area contributed by atoms with Crippen LogP contribution in [0.2, 0.25) is 0 Å². The van der Waals surface area contributed by atoms with Crippen molar-refractivity contribution in [1.82, 2.24) is 4.98 Å². The van der Waals surface area contributed by atoms with Crippen molar-refractivity contribution in [3.8, 4) is 0 Å². The summed E-state index contributed by atoms with van der Waals surface area (Å²) < 4.78 is 5.76. The zero-order valence-corrected chi connectivity index (χ0v) is 13.5. The fraction of sp³-hybridized carbons (Fsp3) is 0.368. The lowest BCUT2D eigenvalue weighted by Gasteiger charge is -1.99. The van der Waals surface area contributed by atoms with Gasteiger partial charge in [0.15, 0.2) is 0 Å². The predicted molar refractivity (Wildman–Crippen MR) is 91.1 cm³/mol.